The highest BCUT2D eigenvalue weighted by Gasteiger charge is 2.15. The number of aromatic nitrogens is 2. The highest BCUT2D eigenvalue weighted by atomic mass is 79.9. The predicted octanol–water partition coefficient (Wildman–Crippen LogP) is 3.65. The lowest BCUT2D eigenvalue weighted by Gasteiger charge is -2.09. The first-order valence-electron chi connectivity index (χ1n) is 5.46. The number of hydrogen-bond donors (Lipinski definition) is 1. The molecule has 0 radical (unpaired) electrons. The Morgan fingerprint density at radius 3 is 2.63 bits per heavy atom. The van der Waals surface area contributed by atoms with E-state index in [1.54, 1.807) is 18.2 Å². The van der Waals surface area contributed by atoms with E-state index in [1.807, 2.05) is 6.07 Å². The molecule has 1 aromatic heterocycles. The van der Waals surface area contributed by atoms with Crippen LogP contribution in [0.1, 0.15) is 0 Å². The molecule has 1 heterocycles. The van der Waals surface area contributed by atoms with Crippen LogP contribution < -0.4 is 5.73 Å². The fourth-order valence-corrected chi connectivity index (χ4v) is 2.31. The Kier molecular flexibility index (Phi) is 2.74. The average Bonchev–Trinajstić information content (AvgIpc) is 2.70. The number of fused-ring (bicyclic) bond motifs is 1. The standard InChI is InChI=1S/C13H8BrF2N3/c14-7-5-12(9(16)6-8(7)15)19-11-4-2-1-3-10(11)18-13(19)17/h1-6H,(H2,17,18). The van der Waals surface area contributed by atoms with Crippen molar-refractivity contribution in [3.63, 3.8) is 0 Å². The zero-order valence-electron chi connectivity index (χ0n) is 9.57. The molecule has 19 heavy (non-hydrogen) atoms. The van der Waals surface area contributed by atoms with Gasteiger partial charge in [0.2, 0.25) is 5.95 Å². The fourth-order valence-electron chi connectivity index (χ4n) is 1.98. The van der Waals surface area contributed by atoms with E-state index in [0.717, 1.165) is 6.07 Å². The Hall–Kier alpha value is -1.95. The van der Waals surface area contributed by atoms with Crippen molar-refractivity contribution in [2.75, 3.05) is 5.73 Å². The lowest BCUT2D eigenvalue weighted by atomic mass is 10.2. The number of nitrogen functional groups attached to an aromatic ring is 1. The molecule has 0 atom stereocenters. The van der Waals surface area contributed by atoms with E-state index >= 15 is 0 Å². The van der Waals surface area contributed by atoms with Crippen LogP contribution in [0.3, 0.4) is 0 Å². The number of halogens is 3. The molecule has 0 saturated carbocycles. The number of imidazole rings is 1. The van der Waals surface area contributed by atoms with Crippen LogP contribution in [0.4, 0.5) is 14.7 Å². The lowest BCUT2D eigenvalue weighted by molar-refractivity contribution is 0.574. The lowest BCUT2D eigenvalue weighted by Crippen LogP contribution is -2.03. The number of anilines is 1. The van der Waals surface area contributed by atoms with Gasteiger partial charge in [-0.05, 0) is 34.1 Å². The number of benzene rings is 2. The smallest absolute Gasteiger partial charge is 0.206 e. The van der Waals surface area contributed by atoms with Crippen LogP contribution >= 0.6 is 15.9 Å². The van der Waals surface area contributed by atoms with Crippen molar-refractivity contribution in [3.05, 3.63) is 52.5 Å². The Bertz CT molecular complexity index is 783. The minimum absolute atomic E-state index is 0.151. The molecule has 6 heteroatoms. The van der Waals surface area contributed by atoms with E-state index in [9.17, 15) is 8.78 Å². The van der Waals surface area contributed by atoms with Gasteiger partial charge >= 0.3 is 0 Å². The van der Waals surface area contributed by atoms with Gasteiger partial charge in [0.05, 0.1) is 21.2 Å². The third-order valence-corrected chi connectivity index (χ3v) is 3.43. The minimum atomic E-state index is -0.699. The fraction of sp³-hybridized carbons (Fsp3) is 0. The van der Waals surface area contributed by atoms with Crippen molar-refractivity contribution in [2.45, 2.75) is 0 Å². The van der Waals surface area contributed by atoms with Crippen LogP contribution in [-0.4, -0.2) is 9.55 Å². The van der Waals surface area contributed by atoms with Gasteiger partial charge in [-0.1, -0.05) is 12.1 Å². The van der Waals surface area contributed by atoms with Crippen molar-refractivity contribution >= 4 is 32.9 Å². The number of rotatable bonds is 1. The van der Waals surface area contributed by atoms with E-state index in [2.05, 4.69) is 20.9 Å². The summed E-state index contributed by atoms with van der Waals surface area (Å²) < 4.78 is 28.8. The molecule has 0 saturated heterocycles. The normalized spacial score (nSPS) is 11.1. The van der Waals surface area contributed by atoms with Gasteiger partial charge in [-0.2, -0.15) is 0 Å². The van der Waals surface area contributed by atoms with Gasteiger partial charge in [0, 0.05) is 6.07 Å². The van der Waals surface area contributed by atoms with Crippen molar-refractivity contribution < 1.29 is 8.78 Å². The number of hydrogen-bond acceptors (Lipinski definition) is 2. The van der Waals surface area contributed by atoms with Gasteiger partial charge in [0.1, 0.15) is 11.6 Å². The average molecular weight is 324 g/mol. The molecule has 0 aliphatic heterocycles. The van der Waals surface area contributed by atoms with E-state index in [-0.39, 0.29) is 16.1 Å². The van der Waals surface area contributed by atoms with E-state index in [0.29, 0.717) is 11.0 Å². The summed E-state index contributed by atoms with van der Waals surface area (Å²) in [6.45, 7) is 0. The molecule has 0 fully saturated rings. The van der Waals surface area contributed by atoms with Gasteiger partial charge in [-0.3, -0.25) is 4.57 Å². The third-order valence-electron chi connectivity index (χ3n) is 2.82. The highest BCUT2D eigenvalue weighted by molar-refractivity contribution is 9.10. The Morgan fingerprint density at radius 2 is 1.84 bits per heavy atom. The maximum Gasteiger partial charge on any atom is 0.206 e. The predicted molar refractivity (Wildman–Crippen MR) is 73.1 cm³/mol. The van der Waals surface area contributed by atoms with E-state index in [4.69, 9.17) is 5.73 Å². The molecular weight excluding hydrogens is 316 g/mol. The molecule has 0 bridgehead atoms. The quantitative estimate of drug-likeness (QED) is 0.695. The second kappa shape index (κ2) is 4.31. The molecule has 2 N–H and O–H groups in total. The summed E-state index contributed by atoms with van der Waals surface area (Å²) in [7, 11) is 0. The van der Waals surface area contributed by atoms with Crippen LogP contribution in [0.5, 0.6) is 0 Å². The number of para-hydroxylation sites is 2. The second-order valence-electron chi connectivity index (χ2n) is 4.01. The van der Waals surface area contributed by atoms with E-state index < -0.39 is 11.6 Å². The first-order chi connectivity index (χ1) is 9.08. The highest BCUT2D eigenvalue weighted by Crippen LogP contribution is 2.28. The molecule has 0 unspecified atom stereocenters. The summed E-state index contributed by atoms with van der Waals surface area (Å²) in [5, 5.41) is 0. The molecule has 0 aliphatic rings. The SMILES string of the molecule is Nc1nc2ccccc2n1-c1cc(Br)c(F)cc1F. The molecule has 3 rings (SSSR count). The summed E-state index contributed by atoms with van der Waals surface area (Å²) in [5.74, 6) is -1.21. The summed E-state index contributed by atoms with van der Waals surface area (Å²) in [6, 6.07) is 9.32. The Balaban J connectivity index is 2.36. The van der Waals surface area contributed by atoms with Crippen molar-refractivity contribution in [1.29, 1.82) is 0 Å². The minimum Gasteiger partial charge on any atom is -0.369 e. The van der Waals surface area contributed by atoms with Crippen LogP contribution in [0, 0.1) is 11.6 Å². The molecule has 0 spiro atoms. The van der Waals surface area contributed by atoms with Gasteiger partial charge < -0.3 is 5.73 Å². The molecular formula is C13H8BrF2N3. The van der Waals surface area contributed by atoms with Crippen LogP contribution in [0.25, 0.3) is 16.7 Å². The zero-order valence-corrected chi connectivity index (χ0v) is 11.2. The molecule has 3 nitrogen and oxygen atoms in total. The third kappa shape index (κ3) is 1.88. The molecule has 3 aromatic rings. The summed E-state index contributed by atoms with van der Waals surface area (Å²) in [4.78, 5) is 4.15. The summed E-state index contributed by atoms with van der Waals surface area (Å²) in [6.07, 6.45) is 0. The van der Waals surface area contributed by atoms with Crippen LogP contribution in [-0.2, 0) is 0 Å². The maximum absolute atomic E-state index is 13.9. The van der Waals surface area contributed by atoms with Gasteiger partial charge in [0.15, 0.2) is 0 Å². The van der Waals surface area contributed by atoms with Gasteiger partial charge in [-0.15, -0.1) is 0 Å². The number of nitrogens with zero attached hydrogens (tertiary/aromatic N) is 2. The molecule has 0 aliphatic carbocycles. The van der Waals surface area contributed by atoms with Crippen molar-refractivity contribution in [3.8, 4) is 5.69 Å². The second-order valence-corrected chi connectivity index (χ2v) is 4.87. The monoisotopic (exact) mass is 323 g/mol. The molecule has 0 amide bonds. The first-order valence-corrected chi connectivity index (χ1v) is 6.25. The number of nitrogens with two attached hydrogens (primary N) is 1. The van der Waals surface area contributed by atoms with Crippen LogP contribution in [0.2, 0.25) is 0 Å². The molecule has 2 aromatic carbocycles. The Labute approximate surface area is 115 Å². The Morgan fingerprint density at radius 1 is 1.11 bits per heavy atom. The van der Waals surface area contributed by atoms with E-state index in [1.165, 1.54) is 10.6 Å². The topological polar surface area (TPSA) is 43.8 Å². The van der Waals surface area contributed by atoms with Crippen molar-refractivity contribution in [1.82, 2.24) is 9.55 Å². The first kappa shape index (κ1) is 12.1. The van der Waals surface area contributed by atoms with Gasteiger partial charge in [-0.25, -0.2) is 13.8 Å². The molecule has 96 valence electrons. The largest absolute Gasteiger partial charge is 0.369 e. The van der Waals surface area contributed by atoms with Crippen LogP contribution in [0.15, 0.2) is 40.9 Å². The zero-order chi connectivity index (χ0) is 13.6. The van der Waals surface area contributed by atoms with Gasteiger partial charge in [0.25, 0.3) is 0 Å². The maximum atomic E-state index is 13.9. The summed E-state index contributed by atoms with van der Waals surface area (Å²) >= 11 is 3.04. The summed E-state index contributed by atoms with van der Waals surface area (Å²) in [5.41, 5.74) is 7.29. The van der Waals surface area contributed by atoms with Crippen molar-refractivity contribution in [2.24, 2.45) is 0 Å².